The first-order valence-electron chi connectivity index (χ1n) is 5.33. The van der Waals surface area contributed by atoms with E-state index in [2.05, 4.69) is 4.98 Å². The van der Waals surface area contributed by atoms with E-state index < -0.39 is 0 Å². The van der Waals surface area contributed by atoms with E-state index in [1.54, 1.807) is 13.2 Å². The highest BCUT2D eigenvalue weighted by Gasteiger charge is 2.06. The summed E-state index contributed by atoms with van der Waals surface area (Å²) in [6.45, 7) is 2.78. The fourth-order valence-corrected chi connectivity index (χ4v) is 1.38. The summed E-state index contributed by atoms with van der Waals surface area (Å²) in [6.07, 6.45) is 2.10. The molecule has 5 heteroatoms. The minimum absolute atomic E-state index is 0.325. The molecule has 0 fully saturated rings. The van der Waals surface area contributed by atoms with E-state index in [9.17, 15) is 4.39 Å². The van der Waals surface area contributed by atoms with Gasteiger partial charge < -0.3 is 15.4 Å². The lowest BCUT2D eigenvalue weighted by atomic mass is 10.3. The Balaban J connectivity index is 2.62. The number of ether oxygens (including phenoxy) is 1. The third-order valence-corrected chi connectivity index (χ3v) is 2.23. The van der Waals surface area contributed by atoms with Gasteiger partial charge in [-0.1, -0.05) is 0 Å². The highest BCUT2D eigenvalue weighted by Crippen LogP contribution is 2.10. The molecular weight excluding hydrogens is 209 g/mol. The van der Waals surface area contributed by atoms with Crippen LogP contribution in [0.2, 0.25) is 0 Å². The number of nitrogens with zero attached hydrogens (tertiary/aromatic N) is 2. The molecule has 16 heavy (non-hydrogen) atoms. The highest BCUT2D eigenvalue weighted by molar-refractivity contribution is 5.37. The molecule has 0 atom stereocenters. The summed E-state index contributed by atoms with van der Waals surface area (Å²) < 4.78 is 17.8. The van der Waals surface area contributed by atoms with Crippen LogP contribution in [-0.4, -0.2) is 38.3 Å². The Bertz CT molecular complexity index is 284. The average molecular weight is 227 g/mol. The fraction of sp³-hybridized carbons (Fsp3) is 0.545. The Hall–Kier alpha value is -1.20. The molecule has 0 radical (unpaired) electrons. The van der Waals surface area contributed by atoms with Gasteiger partial charge in [0.15, 0.2) is 0 Å². The highest BCUT2D eigenvalue weighted by atomic mass is 19.1. The predicted octanol–water partition coefficient (Wildman–Crippen LogP) is 1.02. The molecule has 1 rings (SSSR count). The van der Waals surface area contributed by atoms with Crippen LogP contribution in [0.3, 0.4) is 0 Å². The summed E-state index contributed by atoms with van der Waals surface area (Å²) in [5.41, 5.74) is 5.47. The lowest BCUT2D eigenvalue weighted by molar-refractivity contribution is 0.205. The van der Waals surface area contributed by atoms with Gasteiger partial charge in [-0.3, -0.25) is 0 Å². The molecule has 0 saturated carbocycles. The van der Waals surface area contributed by atoms with Gasteiger partial charge in [-0.15, -0.1) is 0 Å². The van der Waals surface area contributed by atoms with Crippen molar-refractivity contribution in [2.75, 3.05) is 38.3 Å². The monoisotopic (exact) mass is 227 g/mol. The van der Waals surface area contributed by atoms with Gasteiger partial charge in [-0.25, -0.2) is 9.37 Å². The van der Waals surface area contributed by atoms with Crippen molar-refractivity contribution in [1.82, 2.24) is 4.98 Å². The topological polar surface area (TPSA) is 51.4 Å². The molecule has 2 N–H and O–H groups in total. The molecule has 0 aliphatic carbocycles. The predicted molar refractivity (Wildman–Crippen MR) is 62.0 cm³/mol. The van der Waals surface area contributed by atoms with Crippen molar-refractivity contribution in [3.8, 4) is 0 Å². The molecule has 0 aromatic carbocycles. The van der Waals surface area contributed by atoms with E-state index in [1.807, 2.05) is 4.90 Å². The normalized spacial score (nSPS) is 10.4. The molecule has 0 unspecified atom stereocenters. The Morgan fingerprint density at radius 2 is 2.25 bits per heavy atom. The van der Waals surface area contributed by atoms with Crippen LogP contribution in [-0.2, 0) is 4.74 Å². The Labute approximate surface area is 95.2 Å². The molecule has 0 saturated heterocycles. The van der Waals surface area contributed by atoms with E-state index in [0.717, 1.165) is 25.3 Å². The summed E-state index contributed by atoms with van der Waals surface area (Å²) in [7, 11) is 1.65. The van der Waals surface area contributed by atoms with Crippen molar-refractivity contribution in [2.24, 2.45) is 5.73 Å². The van der Waals surface area contributed by atoms with E-state index in [1.165, 1.54) is 12.3 Å². The van der Waals surface area contributed by atoms with Crippen LogP contribution in [0.5, 0.6) is 0 Å². The minimum Gasteiger partial charge on any atom is -0.383 e. The van der Waals surface area contributed by atoms with Gasteiger partial charge in [0, 0.05) is 20.2 Å². The quantitative estimate of drug-likeness (QED) is 0.755. The largest absolute Gasteiger partial charge is 0.383 e. The molecule has 4 nitrogen and oxygen atoms in total. The molecular formula is C11H18FN3O. The van der Waals surface area contributed by atoms with E-state index in [4.69, 9.17) is 10.5 Å². The number of anilines is 1. The number of methoxy groups -OCH3 is 1. The van der Waals surface area contributed by atoms with Crippen LogP contribution >= 0.6 is 0 Å². The standard InChI is InChI=1S/C11H18FN3O/c1-16-8-7-15(6-2-5-13)11-4-3-10(12)9-14-11/h3-4,9H,2,5-8,13H2,1H3. The van der Waals surface area contributed by atoms with E-state index >= 15 is 0 Å². The second-order valence-corrected chi connectivity index (χ2v) is 3.46. The van der Waals surface area contributed by atoms with Gasteiger partial charge in [0.25, 0.3) is 0 Å². The van der Waals surface area contributed by atoms with Gasteiger partial charge in [-0.2, -0.15) is 0 Å². The maximum absolute atomic E-state index is 12.7. The van der Waals surface area contributed by atoms with Crippen LogP contribution in [0.15, 0.2) is 18.3 Å². The SMILES string of the molecule is COCCN(CCCN)c1ccc(F)cn1. The van der Waals surface area contributed by atoms with Crippen molar-refractivity contribution < 1.29 is 9.13 Å². The van der Waals surface area contributed by atoms with E-state index in [0.29, 0.717) is 13.2 Å². The van der Waals surface area contributed by atoms with Crippen molar-refractivity contribution in [3.05, 3.63) is 24.1 Å². The number of hydrogen-bond donors (Lipinski definition) is 1. The lowest BCUT2D eigenvalue weighted by Gasteiger charge is -2.22. The molecule has 0 spiro atoms. The summed E-state index contributed by atoms with van der Waals surface area (Å²) in [6, 6.07) is 3.08. The Morgan fingerprint density at radius 1 is 1.44 bits per heavy atom. The van der Waals surface area contributed by atoms with Crippen molar-refractivity contribution in [2.45, 2.75) is 6.42 Å². The summed E-state index contributed by atoms with van der Waals surface area (Å²) in [5.74, 6) is 0.432. The molecule has 90 valence electrons. The third kappa shape index (κ3) is 4.12. The van der Waals surface area contributed by atoms with Gasteiger partial charge in [-0.05, 0) is 25.1 Å². The summed E-state index contributed by atoms with van der Waals surface area (Å²) in [5, 5.41) is 0. The van der Waals surface area contributed by atoms with Crippen LogP contribution in [0.4, 0.5) is 10.2 Å². The molecule has 1 aromatic rings. The molecule has 1 heterocycles. The van der Waals surface area contributed by atoms with Crippen molar-refractivity contribution in [3.63, 3.8) is 0 Å². The zero-order chi connectivity index (χ0) is 11.8. The van der Waals surface area contributed by atoms with Crippen molar-refractivity contribution >= 4 is 5.82 Å². The van der Waals surface area contributed by atoms with Crippen LogP contribution in [0.1, 0.15) is 6.42 Å². The molecule has 1 aromatic heterocycles. The van der Waals surface area contributed by atoms with Gasteiger partial charge >= 0.3 is 0 Å². The third-order valence-electron chi connectivity index (χ3n) is 2.23. The first-order chi connectivity index (χ1) is 7.77. The van der Waals surface area contributed by atoms with Gasteiger partial charge in [0.05, 0.1) is 12.8 Å². The van der Waals surface area contributed by atoms with Crippen LogP contribution in [0, 0.1) is 5.82 Å². The number of hydrogen-bond acceptors (Lipinski definition) is 4. The Morgan fingerprint density at radius 3 is 2.81 bits per heavy atom. The zero-order valence-corrected chi connectivity index (χ0v) is 9.53. The van der Waals surface area contributed by atoms with E-state index in [-0.39, 0.29) is 5.82 Å². The fourth-order valence-electron chi connectivity index (χ4n) is 1.38. The van der Waals surface area contributed by atoms with Crippen LogP contribution in [0.25, 0.3) is 0 Å². The first-order valence-corrected chi connectivity index (χ1v) is 5.33. The number of aromatic nitrogens is 1. The average Bonchev–Trinajstić information content (AvgIpc) is 2.31. The number of halogens is 1. The summed E-state index contributed by atoms with van der Waals surface area (Å²) >= 11 is 0. The van der Waals surface area contributed by atoms with Gasteiger partial charge in [0.2, 0.25) is 0 Å². The first kappa shape index (κ1) is 12.9. The lowest BCUT2D eigenvalue weighted by Crippen LogP contribution is -2.30. The van der Waals surface area contributed by atoms with Crippen molar-refractivity contribution in [1.29, 1.82) is 0 Å². The maximum Gasteiger partial charge on any atom is 0.141 e. The number of rotatable bonds is 7. The molecule has 0 aliphatic heterocycles. The molecule has 0 bridgehead atoms. The number of nitrogens with two attached hydrogens (primary N) is 1. The smallest absolute Gasteiger partial charge is 0.141 e. The number of pyridine rings is 1. The second kappa shape index (κ2) is 7.14. The molecule has 0 aliphatic rings. The Kier molecular flexibility index (Phi) is 5.74. The van der Waals surface area contributed by atoms with Crippen LogP contribution < -0.4 is 10.6 Å². The molecule has 0 amide bonds. The maximum atomic E-state index is 12.7. The van der Waals surface area contributed by atoms with Gasteiger partial charge in [0.1, 0.15) is 11.6 Å². The minimum atomic E-state index is -0.325. The summed E-state index contributed by atoms with van der Waals surface area (Å²) in [4.78, 5) is 6.08. The zero-order valence-electron chi connectivity index (χ0n) is 9.53. The second-order valence-electron chi connectivity index (χ2n) is 3.46.